The standard InChI is InChI=1S/C20H13F2N5OS/c21-15-3-1-2-14(18(15)22)16-10-29-20(26-16)27-19(28)12-4-6-13(7-5-12)25-17-8-9-23-11-24-17/h1-11H,(H,23,24,25)(H,26,27,28). The van der Waals surface area contributed by atoms with Gasteiger partial charge in [-0.3, -0.25) is 10.1 Å². The van der Waals surface area contributed by atoms with E-state index in [-0.39, 0.29) is 22.3 Å². The van der Waals surface area contributed by atoms with Crippen LogP contribution in [0, 0.1) is 11.6 Å². The van der Waals surface area contributed by atoms with Crippen LogP contribution in [-0.2, 0) is 0 Å². The normalized spacial score (nSPS) is 10.6. The van der Waals surface area contributed by atoms with Crippen LogP contribution in [0.4, 0.5) is 25.4 Å². The van der Waals surface area contributed by atoms with Gasteiger partial charge >= 0.3 is 0 Å². The zero-order valence-electron chi connectivity index (χ0n) is 14.8. The molecule has 2 heterocycles. The second kappa shape index (κ2) is 8.11. The minimum Gasteiger partial charge on any atom is -0.340 e. The fraction of sp³-hybridized carbons (Fsp3) is 0. The number of rotatable bonds is 5. The van der Waals surface area contributed by atoms with E-state index in [0.29, 0.717) is 11.4 Å². The van der Waals surface area contributed by atoms with Gasteiger partial charge in [0.1, 0.15) is 12.1 Å². The van der Waals surface area contributed by atoms with E-state index < -0.39 is 11.6 Å². The summed E-state index contributed by atoms with van der Waals surface area (Å²) in [7, 11) is 0. The molecule has 2 aromatic carbocycles. The number of nitrogens with one attached hydrogen (secondary N) is 2. The van der Waals surface area contributed by atoms with Crippen LogP contribution in [0.15, 0.2) is 66.4 Å². The number of hydrogen-bond acceptors (Lipinski definition) is 6. The Kier molecular flexibility index (Phi) is 5.21. The number of carbonyl (C=O) groups excluding carboxylic acids is 1. The van der Waals surface area contributed by atoms with E-state index in [4.69, 9.17) is 0 Å². The molecule has 0 spiro atoms. The van der Waals surface area contributed by atoms with E-state index >= 15 is 0 Å². The fourth-order valence-electron chi connectivity index (χ4n) is 2.54. The largest absolute Gasteiger partial charge is 0.340 e. The average Bonchev–Trinajstić information content (AvgIpc) is 3.19. The van der Waals surface area contributed by atoms with Gasteiger partial charge in [0.05, 0.1) is 5.69 Å². The molecule has 0 aliphatic carbocycles. The van der Waals surface area contributed by atoms with E-state index in [0.717, 1.165) is 23.1 Å². The average molecular weight is 409 g/mol. The van der Waals surface area contributed by atoms with Crippen LogP contribution in [0.3, 0.4) is 0 Å². The topological polar surface area (TPSA) is 79.8 Å². The third-order valence-corrected chi connectivity index (χ3v) is 4.71. The van der Waals surface area contributed by atoms with Crippen molar-refractivity contribution in [1.29, 1.82) is 0 Å². The van der Waals surface area contributed by atoms with Crippen molar-refractivity contribution in [2.24, 2.45) is 0 Å². The summed E-state index contributed by atoms with van der Waals surface area (Å²) in [6.07, 6.45) is 3.05. The molecular weight excluding hydrogens is 396 g/mol. The predicted molar refractivity (Wildman–Crippen MR) is 107 cm³/mol. The maximum absolute atomic E-state index is 13.9. The lowest BCUT2D eigenvalue weighted by Crippen LogP contribution is -2.11. The molecule has 1 amide bonds. The van der Waals surface area contributed by atoms with Crippen LogP contribution >= 0.6 is 11.3 Å². The molecule has 6 nitrogen and oxygen atoms in total. The van der Waals surface area contributed by atoms with Crippen LogP contribution < -0.4 is 10.6 Å². The summed E-state index contributed by atoms with van der Waals surface area (Å²) in [6.45, 7) is 0. The van der Waals surface area contributed by atoms with Crippen molar-refractivity contribution in [2.75, 3.05) is 10.6 Å². The van der Waals surface area contributed by atoms with Gasteiger partial charge in [-0.1, -0.05) is 6.07 Å². The highest BCUT2D eigenvalue weighted by Gasteiger charge is 2.14. The van der Waals surface area contributed by atoms with E-state index in [1.54, 1.807) is 41.9 Å². The van der Waals surface area contributed by atoms with Gasteiger partial charge in [-0.05, 0) is 42.5 Å². The first-order chi connectivity index (χ1) is 14.1. The molecule has 0 saturated carbocycles. The van der Waals surface area contributed by atoms with Gasteiger partial charge < -0.3 is 5.32 Å². The Bertz CT molecular complexity index is 1150. The van der Waals surface area contributed by atoms with Crippen LogP contribution in [-0.4, -0.2) is 20.9 Å². The third kappa shape index (κ3) is 4.25. The number of thiazole rings is 1. The maximum atomic E-state index is 13.9. The Morgan fingerprint density at radius 1 is 1.03 bits per heavy atom. The minimum absolute atomic E-state index is 0.0434. The van der Waals surface area contributed by atoms with Crippen molar-refractivity contribution in [3.63, 3.8) is 0 Å². The van der Waals surface area contributed by atoms with Gasteiger partial charge in [0.2, 0.25) is 0 Å². The summed E-state index contributed by atoms with van der Waals surface area (Å²) in [5, 5.41) is 7.60. The summed E-state index contributed by atoms with van der Waals surface area (Å²) < 4.78 is 27.3. The number of halogens is 2. The molecule has 0 fully saturated rings. The van der Waals surface area contributed by atoms with Gasteiger partial charge in [-0.15, -0.1) is 11.3 Å². The van der Waals surface area contributed by atoms with E-state index in [2.05, 4.69) is 25.6 Å². The molecule has 0 aliphatic rings. The Morgan fingerprint density at radius 2 is 1.86 bits per heavy atom. The maximum Gasteiger partial charge on any atom is 0.257 e. The summed E-state index contributed by atoms with van der Waals surface area (Å²) in [6, 6.07) is 12.4. The highest BCUT2D eigenvalue weighted by molar-refractivity contribution is 7.14. The third-order valence-electron chi connectivity index (χ3n) is 3.95. The van der Waals surface area contributed by atoms with Crippen molar-refractivity contribution in [2.45, 2.75) is 0 Å². The van der Waals surface area contributed by atoms with Gasteiger partial charge in [0.25, 0.3) is 5.91 Å². The highest BCUT2D eigenvalue weighted by atomic mass is 32.1. The van der Waals surface area contributed by atoms with Crippen molar-refractivity contribution in [3.05, 3.63) is 83.6 Å². The Balaban J connectivity index is 1.44. The van der Waals surface area contributed by atoms with Gasteiger partial charge in [0.15, 0.2) is 16.8 Å². The molecule has 2 aromatic heterocycles. The number of benzene rings is 2. The zero-order chi connectivity index (χ0) is 20.2. The Morgan fingerprint density at radius 3 is 2.62 bits per heavy atom. The molecule has 0 saturated heterocycles. The first kappa shape index (κ1) is 18.6. The van der Waals surface area contributed by atoms with Gasteiger partial charge in [-0.25, -0.2) is 23.7 Å². The fourth-order valence-corrected chi connectivity index (χ4v) is 3.25. The molecule has 4 aromatic rings. The molecule has 2 N–H and O–H groups in total. The number of aromatic nitrogens is 3. The number of carbonyl (C=O) groups is 1. The van der Waals surface area contributed by atoms with Crippen molar-refractivity contribution in [1.82, 2.24) is 15.0 Å². The summed E-state index contributed by atoms with van der Waals surface area (Å²) >= 11 is 1.13. The van der Waals surface area contributed by atoms with Crippen LogP contribution in [0.1, 0.15) is 10.4 Å². The number of amides is 1. The van der Waals surface area contributed by atoms with Crippen molar-refractivity contribution >= 4 is 33.9 Å². The molecular formula is C20H13F2N5OS. The quantitative estimate of drug-likeness (QED) is 0.491. The van der Waals surface area contributed by atoms with Gasteiger partial charge in [0, 0.05) is 28.4 Å². The first-order valence-corrected chi connectivity index (χ1v) is 9.32. The molecule has 0 radical (unpaired) electrons. The number of hydrogen-bond donors (Lipinski definition) is 2. The SMILES string of the molecule is O=C(Nc1nc(-c2cccc(F)c2F)cs1)c1ccc(Nc2ccncn2)cc1. The summed E-state index contributed by atoms with van der Waals surface area (Å²) in [4.78, 5) is 24.5. The lowest BCUT2D eigenvalue weighted by atomic mass is 10.1. The minimum atomic E-state index is -0.970. The smallest absolute Gasteiger partial charge is 0.257 e. The van der Waals surface area contributed by atoms with Crippen LogP contribution in [0.5, 0.6) is 0 Å². The van der Waals surface area contributed by atoms with Crippen molar-refractivity contribution in [3.8, 4) is 11.3 Å². The second-order valence-electron chi connectivity index (χ2n) is 5.89. The second-order valence-corrected chi connectivity index (χ2v) is 6.75. The van der Waals surface area contributed by atoms with Crippen molar-refractivity contribution < 1.29 is 13.6 Å². The highest BCUT2D eigenvalue weighted by Crippen LogP contribution is 2.28. The summed E-state index contributed by atoms with van der Waals surface area (Å²) in [5.41, 5.74) is 1.49. The number of nitrogens with zero attached hydrogens (tertiary/aromatic N) is 3. The molecule has 144 valence electrons. The molecule has 4 rings (SSSR count). The lowest BCUT2D eigenvalue weighted by molar-refractivity contribution is 0.102. The predicted octanol–water partition coefficient (Wildman–Crippen LogP) is 4.87. The monoisotopic (exact) mass is 409 g/mol. The van der Waals surface area contributed by atoms with E-state index in [1.807, 2.05) is 0 Å². The molecule has 0 unspecified atom stereocenters. The zero-order valence-corrected chi connectivity index (χ0v) is 15.6. The van der Waals surface area contributed by atoms with Crippen LogP contribution in [0.2, 0.25) is 0 Å². The Hall–Kier alpha value is -3.72. The summed E-state index contributed by atoms with van der Waals surface area (Å²) in [5.74, 6) is -1.64. The first-order valence-electron chi connectivity index (χ1n) is 8.44. The van der Waals surface area contributed by atoms with Gasteiger partial charge in [-0.2, -0.15) is 0 Å². The molecule has 0 bridgehead atoms. The van der Waals surface area contributed by atoms with E-state index in [9.17, 15) is 13.6 Å². The molecule has 0 aliphatic heterocycles. The Labute approximate surface area is 168 Å². The number of anilines is 3. The van der Waals surface area contributed by atoms with E-state index in [1.165, 1.54) is 18.5 Å². The molecule has 29 heavy (non-hydrogen) atoms. The molecule has 0 atom stereocenters. The molecule has 9 heteroatoms. The van der Waals surface area contributed by atoms with Crippen LogP contribution in [0.25, 0.3) is 11.3 Å². The lowest BCUT2D eigenvalue weighted by Gasteiger charge is -2.06.